The number of aliphatic hydroxyl groups excluding tert-OH is 2. The Labute approximate surface area is 77.7 Å². The zero-order valence-corrected chi connectivity index (χ0v) is 7.55. The van der Waals surface area contributed by atoms with E-state index in [4.69, 9.17) is 16.2 Å². The van der Waals surface area contributed by atoms with E-state index in [1.807, 2.05) is 0 Å². The van der Waals surface area contributed by atoms with Crippen LogP contribution in [0.2, 0.25) is 0 Å². The molecule has 0 aromatic rings. The molecule has 0 bridgehead atoms. The van der Waals surface area contributed by atoms with Crippen molar-refractivity contribution in [3.8, 4) is 0 Å². The largest absolute Gasteiger partial charge is 0.396 e. The first-order valence-corrected chi connectivity index (χ1v) is 3.78. The van der Waals surface area contributed by atoms with Crippen LogP contribution in [0, 0.1) is 17.2 Å². The molecule has 0 saturated heterocycles. The number of nitrogens with two attached hydrogens (primary N) is 1. The van der Waals surface area contributed by atoms with E-state index >= 15 is 0 Å². The predicted octanol–water partition coefficient (Wildman–Crippen LogP) is -0.276. The maximum atomic E-state index is 9.30. The minimum absolute atomic E-state index is 0. The molecule has 5 heteroatoms. The summed E-state index contributed by atoms with van der Waals surface area (Å²) in [5, 5.41) is 25.2. The van der Waals surface area contributed by atoms with Gasteiger partial charge in [0.15, 0.2) is 0 Å². The Balaban J connectivity index is 0.00000121. The van der Waals surface area contributed by atoms with Gasteiger partial charge in [-0.2, -0.15) is 0 Å². The molecule has 0 spiro atoms. The highest BCUT2D eigenvalue weighted by molar-refractivity contribution is 5.85. The third-order valence-corrected chi connectivity index (χ3v) is 2.33. The van der Waals surface area contributed by atoms with Gasteiger partial charge in [-0.25, -0.2) is 0 Å². The molecule has 0 aliphatic heterocycles. The molecule has 0 radical (unpaired) electrons. The number of halogens is 1. The van der Waals surface area contributed by atoms with Crippen molar-refractivity contribution in [2.24, 2.45) is 17.6 Å². The van der Waals surface area contributed by atoms with E-state index < -0.39 is 6.10 Å². The van der Waals surface area contributed by atoms with Crippen molar-refractivity contribution >= 4 is 18.2 Å². The second-order valence-corrected chi connectivity index (χ2v) is 3.13. The van der Waals surface area contributed by atoms with Gasteiger partial charge in [0.05, 0.1) is 11.9 Å². The van der Waals surface area contributed by atoms with E-state index in [2.05, 4.69) is 0 Å². The van der Waals surface area contributed by atoms with Gasteiger partial charge in [-0.15, -0.1) is 12.4 Å². The van der Waals surface area contributed by atoms with Crippen LogP contribution in [0.4, 0.5) is 0 Å². The van der Waals surface area contributed by atoms with Crippen molar-refractivity contribution in [2.45, 2.75) is 18.9 Å². The first kappa shape index (κ1) is 11.7. The normalized spacial score (nSPS) is 34.3. The molecule has 1 aliphatic carbocycles. The lowest BCUT2D eigenvalue weighted by atomic mass is 10.0. The topological polar surface area (TPSA) is 90.3 Å². The second-order valence-electron chi connectivity index (χ2n) is 3.13. The Morgan fingerprint density at radius 1 is 1.50 bits per heavy atom. The number of hydrogen-bond acceptors (Lipinski definition) is 3. The fourth-order valence-corrected chi connectivity index (χ4v) is 1.55. The van der Waals surface area contributed by atoms with Crippen molar-refractivity contribution < 1.29 is 10.2 Å². The Morgan fingerprint density at radius 3 is 2.33 bits per heavy atom. The average molecular weight is 195 g/mol. The molecule has 1 fully saturated rings. The number of nitrogens with one attached hydrogen (secondary N) is 1. The predicted molar refractivity (Wildman–Crippen MR) is 48.5 cm³/mol. The summed E-state index contributed by atoms with van der Waals surface area (Å²) in [7, 11) is 0. The zero-order chi connectivity index (χ0) is 8.43. The average Bonchev–Trinajstić information content (AvgIpc) is 2.31. The van der Waals surface area contributed by atoms with Gasteiger partial charge in [0.2, 0.25) is 0 Å². The van der Waals surface area contributed by atoms with Crippen LogP contribution in [0.5, 0.6) is 0 Å². The number of aliphatic hydroxyl groups is 2. The summed E-state index contributed by atoms with van der Waals surface area (Å²) in [6.07, 6.45) is 0.696. The van der Waals surface area contributed by atoms with E-state index in [9.17, 15) is 5.11 Å². The van der Waals surface area contributed by atoms with Gasteiger partial charge < -0.3 is 15.9 Å². The summed E-state index contributed by atoms with van der Waals surface area (Å²) in [5.74, 6) is 0.0195. The summed E-state index contributed by atoms with van der Waals surface area (Å²) in [6.45, 7) is -0.00898. The lowest BCUT2D eigenvalue weighted by molar-refractivity contribution is 0.0907. The summed E-state index contributed by atoms with van der Waals surface area (Å²) >= 11 is 0. The number of rotatable bonds is 2. The molecule has 1 rings (SSSR count). The summed E-state index contributed by atoms with van der Waals surface area (Å²) < 4.78 is 0. The minimum atomic E-state index is -0.478. The Morgan fingerprint density at radius 2 is 2.08 bits per heavy atom. The Hall–Kier alpha value is -0.320. The molecular formula is C7H15ClN2O2. The smallest absolute Gasteiger partial charge is 0.0938 e. The maximum absolute atomic E-state index is 9.30. The SMILES string of the molecule is Cl.N=C(N)[C@@H]1C[C@H](CO)[C@@H](O)C1. The number of hydrogen-bond donors (Lipinski definition) is 4. The van der Waals surface area contributed by atoms with Crippen LogP contribution >= 0.6 is 12.4 Å². The van der Waals surface area contributed by atoms with Crippen molar-refractivity contribution in [1.29, 1.82) is 5.41 Å². The van der Waals surface area contributed by atoms with Crippen molar-refractivity contribution in [3.63, 3.8) is 0 Å². The van der Waals surface area contributed by atoms with E-state index in [0.717, 1.165) is 0 Å². The van der Waals surface area contributed by atoms with Crippen LogP contribution in [0.1, 0.15) is 12.8 Å². The molecule has 0 aromatic heterocycles. The van der Waals surface area contributed by atoms with E-state index in [-0.39, 0.29) is 36.7 Å². The van der Waals surface area contributed by atoms with Crippen molar-refractivity contribution in [3.05, 3.63) is 0 Å². The highest BCUT2D eigenvalue weighted by Gasteiger charge is 2.33. The molecule has 4 nitrogen and oxygen atoms in total. The summed E-state index contributed by atoms with van der Waals surface area (Å²) in [5.41, 5.74) is 5.27. The molecule has 0 aromatic carbocycles. The lowest BCUT2D eigenvalue weighted by Crippen LogP contribution is -2.20. The molecule has 1 aliphatic rings. The van der Waals surface area contributed by atoms with Crippen LogP contribution < -0.4 is 5.73 Å². The molecule has 5 N–H and O–H groups in total. The first-order chi connectivity index (χ1) is 5.15. The highest BCUT2D eigenvalue weighted by Crippen LogP contribution is 2.30. The highest BCUT2D eigenvalue weighted by atomic mass is 35.5. The van der Waals surface area contributed by atoms with Crippen LogP contribution in [0.15, 0.2) is 0 Å². The van der Waals surface area contributed by atoms with Gasteiger partial charge in [-0.05, 0) is 12.8 Å². The van der Waals surface area contributed by atoms with Gasteiger partial charge in [-0.3, -0.25) is 5.41 Å². The monoisotopic (exact) mass is 194 g/mol. The summed E-state index contributed by atoms with van der Waals surface area (Å²) in [6, 6.07) is 0. The van der Waals surface area contributed by atoms with Gasteiger partial charge in [-0.1, -0.05) is 0 Å². The van der Waals surface area contributed by atoms with E-state index in [1.54, 1.807) is 0 Å². The van der Waals surface area contributed by atoms with Crippen molar-refractivity contribution in [1.82, 2.24) is 0 Å². The van der Waals surface area contributed by atoms with E-state index in [0.29, 0.717) is 12.8 Å². The van der Waals surface area contributed by atoms with E-state index in [1.165, 1.54) is 0 Å². The Kier molecular flexibility index (Phi) is 4.52. The third kappa shape index (κ3) is 2.33. The molecule has 12 heavy (non-hydrogen) atoms. The summed E-state index contributed by atoms with van der Waals surface area (Å²) in [4.78, 5) is 0. The number of amidine groups is 1. The zero-order valence-electron chi connectivity index (χ0n) is 6.73. The van der Waals surface area contributed by atoms with Gasteiger partial charge >= 0.3 is 0 Å². The fraction of sp³-hybridized carbons (Fsp3) is 0.857. The minimum Gasteiger partial charge on any atom is -0.396 e. The molecule has 0 heterocycles. The van der Waals surface area contributed by atoms with Crippen LogP contribution in [-0.4, -0.2) is 28.8 Å². The van der Waals surface area contributed by atoms with Crippen LogP contribution in [0.3, 0.4) is 0 Å². The molecule has 72 valence electrons. The van der Waals surface area contributed by atoms with Gasteiger partial charge in [0.25, 0.3) is 0 Å². The van der Waals surface area contributed by atoms with Gasteiger partial charge in [0, 0.05) is 18.4 Å². The molecule has 0 amide bonds. The fourth-order valence-electron chi connectivity index (χ4n) is 1.55. The molecule has 0 unspecified atom stereocenters. The second kappa shape index (κ2) is 4.64. The van der Waals surface area contributed by atoms with Gasteiger partial charge in [0.1, 0.15) is 0 Å². The quantitative estimate of drug-likeness (QED) is 0.360. The lowest BCUT2D eigenvalue weighted by Gasteiger charge is -2.08. The molecule has 1 saturated carbocycles. The Bertz CT molecular complexity index is 165. The first-order valence-electron chi connectivity index (χ1n) is 3.78. The standard InChI is InChI=1S/C7H14N2O2.ClH/c8-7(9)4-1-5(3-10)6(11)2-4;/h4-6,10-11H,1-3H2,(H3,8,9);1H/t4-,5-,6+;/m1./s1. The molecule has 3 atom stereocenters. The molecular weight excluding hydrogens is 180 g/mol. The van der Waals surface area contributed by atoms with Crippen LogP contribution in [-0.2, 0) is 0 Å². The van der Waals surface area contributed by atoms with Crippen LogP contribution in [0.25, 0.3) is 0 Å². The van der Waals surface area contributed by atoms with Crippen molar-refractivity contribution in [2.75, 3.05) is 6.61 Å². The third-order valence-electron chi connectivity index (χ3n) is 2.33. The maximum Gasteiger partial charge on any atom is 0.0938 e.